The van der Waals surface area contributed by atoms with E-state index in [0.717, 1.165) is 30.0 Å². The third-order valence-electron chi connectivity index (χ3n) is 5.16. The van der Waals surface area contributed by atoms with Crippen LogP contribution in [0.1, 0.15) is 18.2 Å². The van der Waals surface area contributed by atoms with Crippen molar-refractivity contribution in [2.45, 2.75) is 19.3 Å². The van der Waals surface area contributed by atoms with Crippen LogP contribution in [0.15, 0.2) is 48.7 Å². The topological polar surface area (TPSA) is 64.1 Å². The molecule has 0 spiro atoms. The van der Waals surface area contributed by atoms with Gasteiger partial charge in [-0.3, -0.25) is 4.98 Å². The van der Waals surface area contributed by atoms with Crippen molar-refractivity contribution in [2.75, 3.05) is 44.3 Å². The van der Waals surface area contributed by atoms with Crippen LogP contribution < -0.4 is 4.90 Å². The minimum absolute atomic E-state index is 0.263. The lowest BCUT2D eigenvalue weighted by atomic mass is 10.2. The second kappa shape index (κ2) is 8.16. The predicted molar refractivity (Wildman–Crippen MR) is 104 cm³/mol. The third-order valence-corrected chi connectivity index (χ3v) is 5.16. The van der Waals surface area contributed by atoms with E-state index in [9.17, 15) is 4.79 Å². The van der Waals surface area contributed by atoms with Gasteiger partial charge < -0.3 is 24.0 Å². The molecule has 0 saturated carbocycles. The molecule has 2 aromatic rings. The summed E-state index contributed by atoms with van der Waals surface area (Å²) in [5.74, 6) is -0.750. The summed E-state index contributed by atoms with van der Waals surface area (Å²) in [5, 5.41) is 0. The lowest BCUT2D eigenvalue weighted by molar-refractivity contribution is -0.152. The van der Waals surface area contributed by atoms with Gasteiger partial charge in [-0.25, -0.2) is 4.79 Å². The second-order valence-electron chi connectivity index (χ2n) is 7.06. The van der Waals surface area contributed by atoms with Gasteiger partial charge in [-0.05, 0) is 24.6 Å². The number of aromatic nitrogens is 1. The number of anilines is 1. The summed E-state index contributed by atoms with van der Waals surface area (Å²) in [6, 6.07) is 13.7. The number of piperazine rings is 1. The first kappa shape index (κ1) is 18.7. The van der Waals surface area contributed by atoms with E-state index in [1.54, 1.807) is 4.90 Å². The van der Waals surface area contributed by atoms with Gasteiger partial charge in [0, 0.05) is 26.2 Å². The maximum atomic E-state index is 12.3. The standard InChI is InChI=1S/C21H25N3O4/c1-21(27-13-14-28-21)19-8-7-18(15-22-19)23-9-11-24(12-10-23)20(25)26-16-17-5-3-2-4-6-17/h2-8,15H,9-14,16H2,1H3. The zero-order chi connectivity index (χ0) is 19.4. The van der Waals surface area contributed by atoms with Gasteiger partial charge in [0.05, 0.1) is 30.8 Å². The molecule has 7 heteroatoms. The molecule has 0 atom stereocenters. The van der Waals surface area contributed by atoms with Crippen molar-refractivity contribution < 1.29 is 19.0 Å². The SMILES string of the molecule is CC1(c2ccc(N3CCN(C(=O)OCc4ccccc4)CC3)cn2)OCCO1. The number of hydrogen-bond acceptors (Lipinski definition) is 6. The Morgan fingerprint density at radius 2 is 1.79 bits per heavy atom. The van der Waals surface area contributed by atoms with Crippen molar-refractivity contribution in [3.63, 3.8) is 0 Å². The molecule has 1 amide bonds. The molecule has 2 saturated heterocycles. The summed E-state index contributed by atoms with van der Waals surface area (Å²) < 4.78 is 16.7. The van der Waals surface area contributed by atoms with Crippen LogP contribution in [-0.4, -0.2) is 55.4 Å². The normalized spacial score (nSPS) is 18.9. The van der Waals surface area contributed by atoms with Crippen LogP contribution >= 0.6 is 0 Å². The Bertz CT molecular complexity index is 783. The van der Waals surface area contributed by atoms with Crippen LogP contribution in [0.2, 0.25) is 0 Å². The van der Waals surface area contributed by atoms with Crippen LogP contribution in [0.25, 0.3) is 0 Å². The third kappa shape index (κ3) is 4.10. The molecule has 3 heterocycles. The molecule has 0 aliphatic carbocycles. The number of carbonyl (C=O) groups is 1. The number of pyridine rings is 1. The fourth-order valence-electron chi connectivity index (χ4n) is 3.46. The zero-order valence-electron chi connectivity index (χ0n) is 16.0. The molecule has 28 heavy (non-hydrogen) atoms. The molecule has 1 aromatic heterocycles. The van der Waals surface area contributed by atoms with E-state index >= 15 is 0 Å². The minimum atomic E-state index is -0.750. The number of nitrogens with zero attached hydrogens (tertiary/aromatic N) is 3. The highest BCUT2D eigenvalue weighted by Gasteiger charge is 2.34. The van der Waals surface area contributed by atoms with Crippen molar-refractivity contribution >= 4 is 11.8 Å². The van der Waals surface area contributed by atoms with Crippen molar-refractivity contribution in [1.29, 1.82) is 0 Å². The molecule has 0 N–H and O–H groups in total. The molecule has 0 bridgehead atoms. The quantitative estimate of drug-likeness (QED) is 0.809. The Hall–Kier alpha value is -2.64. The van der Waals surface area contributed by atoms with Crippen molar-refractivity contribution in [2.24, 2.45) is 0 Å². The summed E-state index contributed by atoms with van der Waals surface area (Å²) in [6.07, 6.45) is 1.58. The molecule has 148 valence electrons. The lowest BCUT2D eigenvalue weighted by Gasteiger charge is -2.35. The van der Waals surface area contributed by atoms with E-state index in [2.05, 4.69) is 9.88 Å². The lowest BCUT2D eigenvalue weighted by Crippen LogP contribution is -2.49. The molecule has 0 radical (unpaired) electrons. The summed E-state index contributed by atoms with van der Waals surface area (Å²) >= 11 is 0. The Morgan fingerprint density at radius 3 is 2.43 bits per heavy atom. The van der Waals surface area contributed by atoms with Crippen LogP contribution in [-0.2, 0) is 26.6 Å². The van der Waals surface area contributed by atoms with E-state index < -0.39 is 5.79 Å². The summed E-state index contributed by atoms with van der Waals surface area (Å²) in [5.41, 5.74) is 2.80. The maximum Gasteiger partial charge on any atom is 0.410 e. The van der Waals surface area contributed by atoms with Crippen LogP contribution in [0.3, 0.4) is 0 Å². The van der Waals surface area contributed by atoms with Crippen molar-refractivity contribution in [3.8, 4) is 0 Å². The van der Waals surface area contributed by atoms with Gasteiger partial charge in [-0.15, -0.1) is 0 Å². The van der Waals surface area contributed by atoms with Crippen molar-refractivity contribution in [1.82, 2.24) is 9.88 Å². The van der Waals surface area contributed by atoms with Crippen molar-refractivity contribution in [3.05, 3.63) is 59.9 Å². The van der Waals surface area contributed by atoms with Gasteiger partial charge >= 0.3 is 6.09 Å². The smallest absolute Gasteiger partial charge is 0.410 e. The molecular formula is C21H25N3O4. The molecule has 7 nitrogen and oxygen atoms in total. The first-order valence-electron chi connectivity index (χ1n) is 9.59. The summed E-state index contributed by atoms with van der Waals surface area (Å²) in [4.78, 5) is 20.8. The fourth-order valence-corrected chi connectivity index (χ4v) is 3.46. The van der Waals surface area contributed by atoms with E-state index in [1.807, 2.05) is 55.6 Å². The molecule has 2 aliphatic heterocycles. The van der Waals surface area contributed by atoms with E-state index in [4.69, 9.17) is 14.2 Å². The van der Waals surface area contributed by atoms with Gasteiger partial charge in [0.25, 0.3) is 0 Å². The molecule has 0 unspecified atom stereocenters. The number of amides is 1. The van der Waals surface area contributed by atoms with E-state index in [1.165, 1.54) is 0 Å². The molecular weight excluding hydrogens is 358 g/mol. The first-order valence-corrected chi connectivity index (χ1v) is 9.59. The Labute approximate surface area is 164 Å². The number of carbonyl (C=O) groups excluding carboxylic acids is 1. The summed E-state index contributed by atoms with van der Waals surface area (Å²) in [6.45, 7) is 6.09. The van der Waals surface area contributed by atoms with Crippen LogP contribution in [0.5, 0.6) is 0 Å². The monoisotopic (exact) mass is 383 g/mol. The Balaban J connectivity index is 1.28. The number of ether oxygens (including phenoxy) is 3. The van der Waals surface area contributed by atoms with Gasteiger partial charge in [0.2, 0.25) is 5.79 Å². The Morgan fingerprint density at radius 1 is 1.07 bits per heavy atom. The highest BCUT2D eigenvalue weighted by atomic mass is 16.7. The van der Waals surface area contributed by atoms with E-state index in [0.29, 0.717) is 32.9 Å². The van der Waals surface area contributed by atoms with E-state index in [-0.39, 0.29) is 6.09 Å². The predicted octanol–water partition coefficient (Wildman–Crippen LogP) is 2.76. The summed E-state index contributed by atoms with van der Waals surface area (Å²) in [7, 11) is 0. The zero-order valence-corrected chi connectivity index (χ0v) is 16.0. The second-order valence-corrected chi connectivity index (χ2v) is 7.06. The first-order chi connectivity index (χ1) is 13.6. The number of benzene rings is 1. The number of rotatable bonds is 4. The van der Waals surface area contributed by atoms with Gasteiger partial charge in [-0.1, -0.05) is 30.3 Å². The molecule has 4 rings (SSSR count). The maximum absolute atomic E-state index is 12.3. The van der Waals surface area contributed by atoms with Gasteiger partial charge in [0.15, 0.2) is 0 Å². The average molecular weight is 383 g/mol. The minimum Gasteiger partial charge on any atom is -0.445 e. The highest BCUT2D eigenvalue weighted by Crippen LogP contribution is 2.30. The average Bonchev–Trinajstić information content (AvgIpc) is 3.21. The Kier molecular flexibility index (Phi) is 5.45. The molecule has 1 aromatic carbocycles. The largest absolute Gasteiger partial charge is 0.445 e. The molecule has 2 aliphatic rings. The van der Waals surface area contributed by atoms with Crippen LogP contribution in [0, 0.1) is 0 Å². The van der Waals surface area contributed by atoms with Crippen LogP contribution in [0.4, 0.5) is 10.5 Å². The van der Waals surface area contributed by atoms with Gasteiger partial charge in [0.1, 0.15) is 6.61 Å². The number of hydrogen-bond donors (Lipinski definition) is 0. The highest BCUT2D eigenvalue weighted by molar-refractivity contribution is 5.68. The fraction of sp³-hybridized carbons (Fsp3) is 0.429. The van der Waals surface area contributed by atoms with Gasteiger partial charge in [-0.2, -0.15) is 0 Å². The molecule has 2 fully saturated rings.